The van der Waals surface area contributed by atoms with Gasteiger partial charge in [-0.05, 0) is 48.4 Å². The van der Waals surface area contributed by atoms with E-state index in [0.29, 0.717) is 18.1 Å². The number of para-hydroxylation sites is 2. The van der Waals surface area contributed by atoms with Gasteiger partial charge in [0.25, 0.3) is 5.91 Å². The molecular formula is C19H22N2O4. The first-order valence-corrected chi connectivity index (χ1v) is 8.03. The molecule has 0 bridgehead atoms. The molecule has 6 nitrogen and oxygen atoms in total. The van der Waals surface area contributed by atoms with Gasteiger partial charge in [0.1, 0.15) is 5.75 Å². The highest BCUT2D eigenvalue weighted by Crippen LogP contribution is 2.25. The number of carbonyl (C=O) groups is 1. The maximum atomic E-state index is 11.8. The number of rotatable bonds is 9. The summed E-state index contributed by atoms with van der Waals surface area (Å²) in [5.74, 6) is 1.54. The summed E-state index contributed by atoms with van der Waals surface area (Å²) in [6.07, 6.45) is 2.52. The molecule has 25 heavy (non-hydrogen) atoms. The molecule has 0 spiro atoms. The predicted molar refractivity (Wildman–Crippen MR) is 96.5 cm³/mol. The van der Waals surface area contributed by atoms with Crippen LogP contribution in [0.4, 0.5) is 0 Å². The largest absolute Gasteiger partial charge is 0.494 e. The van der Waals surface area contributed by atoms with Gasteiger partial charge in [-0.2, -0.15) is 5.10 Å². The van der Waals surface area contributed by atoms with Crippen LogP contribution in [-0.2, 0) is 4.79 Å². The van der Waals surface area contributed by atoms with Crippen LogP contribution in [-0.4, -0.2) is 32.4 Å². The second-order valence-electron chi connectivity index (χ2n) is 5.15. The Hall–Kier alpha value is -3.02. The number of ether oxygens (including phenoxy) is 3. The minimum Gasteiger partial charge on any atom is -0.494 e. The topological polar surface area (TPSA) is 69.2 Å². The Morgan fingerprint density at radius 1 is 1.08 bits per heavy atom. The fourth-order valence-electron chi connectivity index (χ4n) is 1.96. The van der Waals surface area contributed by atoms with Gasteiger partial charge in [0.2, 0.25) is 0 Å². The van der Waals surface area contributed by atoms with Crippen LogP contribution in [0.1, 0.15) is 18.9 Å². The van der Waals surface area contributed by atoms with E-state index in [2.05, 4.69) is 17.5 Å². The molecule has 0 aliphatic rings. The maximum Gasteiger partial charge on any atom is 0.277 e. The number of carbonyl (C=O) groups excluding carboxylic acids is 1. The first-order valence-electron chi connectivity index (χ1n) is 8.03. The van der Waals surface area contributed by atoms with Crippen molar-refractivity contribution >= 4 is 12.1 Å². The number of hydrogen-bond acceptors (Lipinski definition) is 5. The van der Waals surface area contributed by atoms with Crippen LogP contribution in [0.25, 0.3) is 0 Å². The van der Waals surface area contributed by atoms with Crippen molar-refractivity contribution in [3.05, 3.63) is 54.1 Å². The number of hydrazone groups is 1. The zero-order valence-corrected chi connectivity index (χ0v) is 14.4. The van der Waals surface area contributed by atoms with Crippen LogP contribution in [0.2, 0.25) is 0 Å². The summed E-state index contributed by atoms with van der Waals surface area (Å²) < 4.78 is 16.1. The average molecular weight is 342 g/mol. The summed E-state index contributed by atoms with van der Waals surface area (Å²) in [4.78, 5) is 11.8. The van der Waals surface area contributed by atoms with Crippen LogP contribution in [0.5, 0.6) is 17.2 Å². The Bertz CT molecular complexity index is 699. The van der Waals surface area contributed by atoms with E-state index in [9.17, 15) is 4.79 Å². The van der Waals surface area contributed by atoms with Crippen LogP contribution in [0, 0.1) is 0 Å². The number of nitrogens with one attached hydrogen (secondary N) is 1. The summed E-state index contributed by atoms with van der Waals surface area (Å²) in [7, 11) is 1.55. The van der Waals surface area contributed by atoms with E-state index in [1.807, 2.05) is 36.4 Å². The predicted octanol–water partition coefficient (Wildman–Crippen LogP) is 3.01. The molecule has 1 amide bonds. The summed E-state index contributed by atoms with van der Waals surface area (Å²) in [6, 6.07) is 14.6. The normalized spacial score (nSPS) is 10.5. The van der Waals surface area contributed by atoms with E-state index in [4.69, 9.17) is 14.2 Å². The Kier molecular flexibility index (Phi) is 7.31. The van der Waals surface area contributed by atoms with Gasteiger partial charge in [0, 0.05) is 0 Å². The van der Waals surface area contributed by atoms with E-state index >= 15 is 0 Å². The minimum atomic E-state index is -0.356. The molecule has 0 aliphatic heterocycles. The zero-order valence-electron chi connectivity index (χ0n) is 14.4. The second-order valence-corrected chi connectivity index (χ2v) is 5.15. The number of benzene rings is 2. The lowest BCUT2D eigenvalue weighted by molar-refractivity contribution is -0.123. The van der Waals surface area contributed by atoms with Crippen LogP contribution >= 0.6 is 0 Å². The highest BCUT2D eigenvalue weighted by molar-refractivity contribution is 5.83. The molecule has 0 atom stereocenters. The number of hydrogen-bond donors (Lipinski definition) is 1. The molecule has 0 fully saturated rings. The van der Waals surface area contributed by atoms with E-state index in [1.54, 1.807) is 25.5 Å². The Labute approximate surface area is 147 Å². The Morgan fingerprint density at radius 2 is 1.80 bits per heavy atom. The third kappa shape index (κ3) is 6.18. The van der Waals surface area contributed by atoms with Crippen LogP contribution in [0.3, 0.4) is 0 Å². The monoisotopic (exact) mass is 342 g/mol. The molecular weight excluding hydrogens is 320 g/mol. The molecule has 0 aromatic heterocycles. The van der Waals surface area contributed by atoms with Gasteiger partial charge < -0.3 is 14.2 Å². The summed E-state index contributed by atoms with van der Waals surface area (Å²) >= 11 is 0. The van der Waals surface area contributed by atoms with Gasteiger partial charge in [0.05, 0.1) is 19.9 Å². The fraction of sp³-hybridized carbons (Fsp3) is 0.263. The molecule has 2 aromatic carbocycles. The summed E-state index contributed by atoms with van der Waals surface area (Å²) in [5.41, 5.74) is 3.28. The van der Waals surface area contributed by atoms with Crippen molar-refractivity contribution in [2.75, 3.05) is 20.3 Å². The molecule has 0 unspecified atom stereocenters. The lowest BCUT2D eigenvalue weighted by atomic mass is 10.2. The number of amides is 1. The SMILES string of the molecule is CCCOc1ccc(/C=N/NC(=O)COc2ccccc2OC)cc1. The fourth-order valence-corrected chi connectivity index (χ4v) is 1.96. The third-order valence-corrected chi connectivity index (χ3v) is 3.18. The molecule has 0 saturated carbocycles. The van der Waals surface area contributed by atoms with Gasteiger partial charge in [-0.25, -0.2) is 5.43 Å². The van der Waals surface area contributed by atoms with Gasteiger partial charge in [-0.3, -0.25) is 4.79 Å². The Balaban J connectivity index is 1.78. The third-order valence-electron chi connectivity index (χ3n) is 3.18. The molecule has 132 valence electrons. The number of methoxy groups -OCH3 is 1. The van der Waals surface area contributed by atoms with E-state index in [0.717, 1.165) is 17.7 Å². The van der Waals surface area contributed by atoms with Crippen LogP contribution < -0.4 is 19.6 Å². The van der Waals surface area contributed by atoms with E-state index in [1.165, 1.54) is 0 Å². The molecule has 2 rings (SSSR count). The van der Waals surface area contributed by atoms with E-state index < -0.39 is 0 Å². The highest BCUT2D eigenvalue weighted by atomic mass is 16.5. The van der Waals surface area contributed by atoms with Crippen molar-refractivity contribution in [1.29, 1.82) is 0 Å². The summed E-state index contributed by atoms with van der Waals surface area (Å²) in [6.45, 7) is 2.60. The molecule has 0 radical (unpaired) electrons. The molecule has 2 aromatic rings. The lowest BCUT2D eigenvalue weighted by Gasteiger charge is -2.09. The van der Waals surface area contributed by atoms with Crippen LogP contribution in [0.15, 0.2) is 53.6 Å². The van der Waals surface area contributed by atoms with Gasteiger partial charge in [0.15, 0.2) is 18.1 Å². The highest BCUT2D eigenvalue weighted by Gasteiger charge is 2.05. The Morgan fingerprint density at radius 3 is 2.48 bits per heavy atom. The zero-order chi connectivity index (χ0) is 17.9. The van der Waals surface area contributed by atoms with Crippen molar-refractivity contribution < 1.29 is 19.0 Å². The quantitative estimate of drug-likeness (QED) is 0.562. The molecule has 6 heteroatoms. The van der Waals surface area contributed by atoms with Gasteiger partial charge >= 0.3 is 0 Å². The van der Waals surface area contributed by atoms with Crippen molar-refractivity contribution in [1.82, 2.24) is 5.43 Å². The second kappa shape index (κ2) is 9.97. The number of nitrogens with zero attached hydrogens (tertiary/aromatic N) is 1. The standard InChI is InChI=1S/C19H22N2O4/c1-3-12-24-16-10-8-15(9-11-16)13-20-21-19(22)14-25-18-7-5-4-6-17(18)23-2/h4-11,13H,3,12,14H2,1-2H3,(H,21,22)/b20-13+. The van der Waals surface area contributed by atoms with Crippen molar-refractivity contribution in [2.24, 2.45) is 5.10 Å². The minimum absolute atomic E-state index is 0.151. The first-order chi connectivity index (χ1) is 12.2. The maximum absolute atomic E-state index is 11.8. The smallest absolute Gasteiger partial charge is 0.277 e. The first kappa shape index (κ1) is 18.3. The van der Waals surface area contributed by atoms with Crippen molar-refractivity contribution in [2.45, 2.75) is 13.3 Å². The van der Waals surface area contributed by atoms with Crippen molar-refractivity contribution in [3.8, 4) is 17.2 Å². The van der Waals surface area contributed by atoms with Crippen molar-refractivity contribution in [3.63, 3.8) is 0 Å². The molecule has 1 N–H and O–H groups in total. The van der Waals surface area contributed by atoms with E-state index in [-0.39, 0.29) is 12.5 Å². The molecule has 0 heterocycles. The van der Waals surface area contributed by atoms with Gasteiger partial charge in [-0.1, -0.05) is 19.1 Å². The lowest BCUT2D eigenvalue weighted by Crippen LogP contribution is -2.24. The summed E-state index contributed by atoms with van der Waals surface area (Å²) in [5, 5.41) is 3.91. The average Bonchev–Trinajstić information content (AvgIpc) is 2.66. The van der Waals surface area contributed by atoms with Gasteiger partial charge in [-0.15, -0.1) is 0 Å². The molecule has 0 saturated heterocycles. The molecule has 0 aliphatic carbocycles.